The van der Waals surface area contributed by atoms with Crippen molar-refractivity contribution < 1.29 is 23.8 Å². The van der Waals surface area contributed by atoms with Gasteiger partial charge in [0, 0.05) is 24.1 Å². The number of thiazole rings is 1. The number of rotatable bonds is 10. The number of hydrogen-bond donors (Lipinski definition) is 2. The second-order valence-electron chi connectivity index (χ2n) is 8.40. The lowest BCUT2D eigenvalue weighted by Crippen LogP contribution is -2.14. The third kappa shape index (κ3) is 5.76. The number of nitrogens with one attached hydrogen (secondary N) is 1. The van der Waals surface area contributed by atoms with Gasteiger partial charge in [0.15, 0.2) is 0 Å². The van der Waals surface area contributed by atoms with E-state index in [9.17, 15) is 14.3 Å². The highest BCUT2D eigenvalue weighted by molar-refractivity contribution is 7.97. The van der Waals surface area contributed by atoms with Gasteiger partial charge in [0.1, 0.15) is 23.2 Å². The van der Waals surface area contributed by atoms with Crippen LogP contribution in [0.4, 0.5) is 4.39 Å². The molecule has 2 aromatic heterocycles. The van der Waals surface area contributed by atoms with Crippen LogP contribution in [0.1, 0.15) is 21.6 Å². The maximum absolute atomic E-state index is 13.0. The monoisotopic (exact) mass is 550 g/mol. The lowest BCUT2D eigenvalue weighted by molar-refractivity contribution is 0.0697. The zero-order valence-corrected chi connectivity index (χ0v) is 22.2. The summed E-state index contributed by atoms with van der Waals surface area (Å²) in [6, 6.07) is 13.2. The number of fused-ring (bicyclic) bond motifs is 2. The van der Waals surface area contributed by atoms with Gasteiger partial charge in [-0.05, 0) is 73.0 Å². The Bertz CT molecular complexity index is 1630. The first-order valence-corrected chi connectivity index (χ1v) is 13.3. The average Bonchev–Trinajstić information content (AvgIpc) is 3.33. The Kier molecular flexibility index (Phi) is 7.79. The quantitative estimate of drug-likeness (QED) is 0.163. The van der Waals surface area contributed by atoms with Gasteiger partial charge in [-0.3, -0.25) is 9.71 Å². The van der Waals surface area contributed by atoms with Gasteiger partial charge >= 0.3 is 5.97 Å². The second kappa shape index (κ2) is 11.4. The fraction of sp³-hybridized carbons (Fsp3) is 0.185. The zero-order valence-electron chi connectivity index (χ0n) is 20.5. The van der Waals surface area contributed by atoms with Crippen LogP contribution in [-0.2, 0) is 11.3 Å². The Morgan fingerprint density at radius 2 is 1.95 bits per heavy atom. The Morgan fingerprint density at radius 1 is 1.13 bits per heavy atom. The number of carboxylic acid groups (broad SMARTS) is 1. The maximum atomic E-state index is 13.0. The number of ether oxygens (including phenoxy) is 2. The first kappa shape index (κ1) is 26.0. The van der Waals surface area contributed by atoms with E-state index in [1.165, 1.54) is 41.5 Å². The molecule has 0 aliphatic heterocycles. The van der Waals surface area contributed by atoms with Crippen LogP contribution in [0.25, 0.3) is 31.8 Å². The standard InChI is InChI=1S/C27H23FN4O4S2/c1-15-9-19(36-8-7-30-38-20-5-3-17(28)4-6-20)12-23-24(15)32-26(37-23)21-10-16(27(33)34)11-22-25(21)29-13-18(31-22)14-35-2/h3-6,9-13,30H,7-8,14H2,1-2H3,(H,33,34). The van der Waals surface area contributed by atoms with E-state index < -0.39 is 5.97 Å². The molecule has 2 heterocycles. The average molecular weight is 551 g/mol. The lowest BCUT2D eigenvalue weighted by atomic mass is 10.1. The summed E-state index contributed by atoms with van der Waals surface area (Å²) < 4.78 is 28.2. The van der Waals surface area contributed by atoms with Crippen LogP contribution in [0.15, 0.2) is 59.6 Å². The van der Waals surface area contributed by atoms with Crippen molar-refractivity contribution in [2.24, 2.45) is 0 Å². The molecule has 0 saturated carbocycles. The number of carboxylic acids is 1. The van der Waals surface area contributed by atoms with E-state index in [0.29, 0.717) is 46.2 Å². The molecule has 0 saturated heterocycles. The van der Waals surface area contributed by atoms with Gasteiger partial charge in [0.25, 0.3) is 0 Å². The normalized spacial score (nSPS) is 11.3. The maximum Gasteiger partial charge on any atom is 0.335 e. The zero-order chi connectivity index (χ0) is 26.6. The van der Waals surface area contributed by atoms with Crippen molar-refractivity contribution in [2.75, 3.05) is 20.3 Å². The van der Waals surface area contributed by atoms with E-state index in [4.69, 9.17) is 14.5 Å². The number of benzene rings is 3. The summed E-state index contributed by atoms with van der Waals surface area (Å²) in [4.78, 5) is 26.6. The van der Waals surface area contributed by atoms with Crippen molar-refractivity contribution in [3.63, 3.8) is 0 Å². The molecular formula is C27H23FN4O4S2. The Balaban J connectivity index is 1.37. The van der Waals surface area contributed by atoms with Crippen molar-refractivity contribution >= 4 is 50.5 Å². The molecule has 0 atom stereocenters. The highest BCUT2D eigenvalue weighted by atomic mass is 32.2. The van der Waals surface area contributed by atoms with E-state index in [2.05, 4.69) is 14.7 Å². The summed E-state index contributed by atoms with van der Waals surface area (Å²) in [5.74, 6) is -0.597. The van der Waals surface area contributed by atoms with Crippen molar-refractivity contribution in [1.82, 2.24) is 19.7 Å². The molecule has 8 nitrogen and oxygen atoms in total. The Labute approximate surface area is 226 Å². The molecule has 5 rings (SSSR count). The van der Waals surface area contributed by atoms with Crippen LogP contribution in [-0.4, -0.2) is 46.3 Å². The molecule has 11 heteroatoms. The number of hydrogen-bond acceptors (Lipinski definition) is 9. The van der Waals surface area contributed by atoms with Crippen LogP contribution >= 0.6 is 23.3 Å². The molecule has 0 spiro atoms. The largest absolute Gasteiger partial charge is 0.492 e. The van der Waals surface area contributed by atoms with Crippen molar-refractivity contribution in [3.05, 3.63) is 77.4 Å². The van der Waals surface area contributed by atoms with Crippen LogP contribution in [0.2, 0.25) is 0 Å². The molecule has 194 valence electrons. The first-order valence-electron chi connectivity index (χ1n) is 11.6. The molecule has 3 aromatic carbocycles. The molecule has 5 aromatic rings. The number of methoxy groups -OCH3 is 1. The summed E-state index contributed by atoms with van der Waals surface area (Å²) in [5.41, 5.74) is 4.15. The minimum atomic E-state index is -1.05. The van der Waals surface area contributed by atoms with Gasteiger partial charge in [-0.2, -0.15) is 0 Å². The van der Waals surface area contributed by atoms with E-state index in [-0.39, 0.29) is 18.0 Å². The fourth-order valence-electron chi connectivity index (χ4n) is 3.88. The Morgan fingerprint density at radius 3 is 2.71 bits per heavy atom. The van der Waals surface area contributed by atoms with E-state index in [1.807, 2.05) is 19.1 Å². The summed E-state index contributed by atoms with van der Waals surface area (Å²) in [7, 11) is 1.57. The highest BCUT2D eigenvalue weighted by Crippen LogP contribution is 2.37. The van der Waals surface area contributed by atoms with Gasteiger partial charge in [0.2, 0.25) is 0 Å². The van der Waals surface area contributed by atoms with Gasteiger partial charge in [-0.1, -0.05) is 0 Å². The number of nitrogens with zero attached hydrogens (tertiary/aromatic N) is 3. The highest BCUT2D eigenvalue weighted by Gasteiger charge is 2.18. The number of aromatic nitrogens is 3. The minimum absolute atomic E-state index is 0.113. The third-order valence-corrected chi connectivity index (χ3v) is 7.49. The molecular weight excluding hydrogens is 527 g/mol. The summed E-state index contributed by atoms with van der Waals surface area (Å²) in [5, 5.41) is 10.3. The first-order chi connectivity index (χ1) is 18.4. The summed E-state index contributed by atoms with van der Waals surface area (Å²) in [6.45, 7) is 3.27. The Hall–Kier alpha value is -3.64. The lowest BCUT2D eigenvalue weighted by Gasteiger charge is -2.08. The molecule has 0 amide bonds. The SMILES string of the molecule is COCc1cnc2c(-c3nc4c(C)cc(OCCNSc5ccc(F)cc5)cc4s3)cc(C(=O)O)cc2n1. The van der Waals surface area contributed by atoms with E-state index in [0.717, 1.165) is 20.7 Å². The molecule has 0 aliphatic rings. The molecule has 2 N–H and O–H groups in total. The summed E-state index contributed by atoms with van der Waals surface area (Å²) >= 11 is 2.86. The van der Waals surface area contributed by atoms with Crippen molar-refractivity contribution in [3.8, 4) is 16.3 Å². The number of halogens is 1. The predicted octanol–water partition coefficient (Wildman–Crippen LogP) is 5.87. The number of aromatic carboxylic acids is 1. The van der Waals surface area contributed by atoms with Crippen LogP contribution in [0.5, 0.6) is 5.75 Å². The van der Waals surface area contributed by atoms with E-state index in [1.54, 1.807) is 31.5 Å². The molecule has 38 heavy (non-hydrogen) atoms. The molecule has 0 fully saturated rings. The van der Waals surface area contributed by atoms with Gasteiger partial charge in [-0.25, -0.2) is 19.2 Å². The minimum Gasteiger partial charge on any atom is -0.492 e. The molecule has 0 bridgehead atoms. The van der Waals surface area contributed by atoms with E-state index >= 15 is 0 Å². The fourth-order valence-corrected chi connectivity index (χ4v) is 5.59. The van der Waals surface area contributed by atoms with Gasteiger partial charge < -0.3 is 14.6 Å². The molecule has 0 aliphatic carbocycles. The predicted molar refractivity (Wildman–Crippen MR) is 146 cm³/mol. The second-order valence-corrected chi connectivity index (χ2v) is 10.4. The third-order valence-electron chi connectivity index (χ3n) is 5.60. The number of carbonyl (C=O) groups is 1. The topological polar surface area (TPSA) is 106 Å². The van der Waals surface area contributed by atoms with Crippen molar-refractivity contribution in [2.45, 2.75) is 18.4 Å². The van der Waals surface area contributed by atoms with Crippen LogP contribution < -0.4 is 9.46 Å². The molecule has 0 radical (unpaired) electrons. The smallest absolute Gasteiger partial charge is 0.335 e. The number of aryl methyl sites for hydroxylation is 1. The van der Waals surface area contributed by atoms with Gasteiger partial charge in [0.05, 0.1) is 45.3 Å². The summed E-state index contributed by atoms with van der Waals surface area (Å²) in [6.07, 6.45) is 1.63. The van der Waals surface area contributed by atoms with Gasteiger partial charge in [-0.15, -0.1) is 11.3 Å². The molecule has 0 unspecified atom stereocenters. The van der Waals surface area contributed by atoms with Crippen LogP contribution in [0.3, 0.4) is 0 Å². The van der Waals surface area contributed by atoms with Crippen molar-refractivity contribution in [1.29, 1.82) is 0 Å². The van der Waals surface area contributed by atoms with Crippen LogP contribution in [0, 0.1) is 12.7 Å².